The zero-order chi connectivity index (χ0) is 17.8. The summed E-state index contributed by atoms with van der Waals surface area (Å²) in [7, 11) is 0. The SMILES string of the molecule is Cc1c(NC(=O)Cc2csc(-c3cccnc3)n2)cccc1[N+](=O)[O-]. The van der Waals surface area contributed by atoms with Crippen LogP contribution >= 0.6 is 11.3 Å². The van der Waals surface area contributed by atoms with Crippen LogP contribution in [0.4, 0.5) is 11.4 Å². The van der Waals surface area contributed by atoms with E-state index in [0.29, 0.717) is 16.9 Å². The first-order chi connectivity index (χ1) is 12.0. The van der Waals surface area contributed by atoms with Crippen molar-refractivity contribution in [1.29, 1.82) is 0 Å². The largest absolute Gasteiger partial charge is 0.325 e. The number of hydrogen-bond donors (Lipinski definition) is 1. The molecule has 0 aliphatic rings. The number of nitro benzene ring substituents is 1. The molecule has 0 spiro atoms. The van der Waals surface area contributed by atoms with Gasteiger partial charge in [-0.3, -0.25) is 19.9 Å². The summed E-state index contributed by atoms with van der Waals surface area (Å²) >= 11 is 1.44. The van der Waals surface area contributed by atoms with Gasteiger partial charge in [-0.15, -0.1) is 11.3 Å². The maximum atomic E-state index is 12.2. The Morgan fingerprint density at radius 3 is 2.88 bits per heavy atom. The number of hydrogen-bond acceptors (Lipinski definition) is 6. The Balaban J connectivity index is 1.71. The van der Waals surface area contributed by atoms with E-state index in [1.54, 1.807) is 31.5 Å². The molecule has 3 aromatic rings. The lowest BCUT2D eigenvalue weighted by Gasteiger charge is -2.07. The summed E-state index contributed by atoms with van der Waals surface area (Å²) in [6.45, 7) is 1.61. The average Bonchev–Trinajstić information content (AvgIpc) is 3.05. The first kappa shape index (κ1) is 16.7. The molecule has 0 aliphatic heterocycles. The summed E-state index contributed by atoms with van der Waals surface area (Å²) in [5.41, 5.74) is 2.38. The molecule has 7 nitrogen and oxygen atoms in total. The minimum absolute atomic E-state index is 0.0228. The van der Waals surface area contributed by atoms with Crippen LogP contribution in [0.15, 0.2) is 48.1 Å². The highest BCUT2D eigenvalue weighted by molar-refractivity contribution is 7.13. The van der Waals surface area contributed by atoms with E-state index in [2.05, 4.69) is 15.3 Å². The summed E-state index contributed by atoms with van der Waals surface area (Å²) < 4.78 is 0. The molecule has 0 fully saturated rings. The minimum Gasteiger partial charge on any atom is -0.325 e. The van der Waals surface area contributed by atoms with Crippen molar-refractivity contribution in [2.24, 2.45) is 0 Å². The molecule has 0 atom stereocenters. The Hall–Kier alpha value is -3.13. The predicted molar refractivity (Wildman–Crippen MR) is 95.5 cm³/mol. The van der Waals surface area contributed by atoms with Crippen molar-refractivity contribution < 1.29 is 9.72 Å². The topological polar surface area (TPSA) is 98.0 Å². The molecule has 0 unspecified atom stereocenters. The third-order valence-electron chi connectivity index (χ3n) is 3.58. The van der Waals surface area contributed by atoms with E-state index < -0.39 is 4.92 Å². The first-order valence-corrected chi connectivity index (χ1v) is 8.31. The van der Waals surface area contributed by atoms with E-state index in [1.165, 1.54) is 17.4 Å². The molecular weight excluding hydrogens is 340 g/mol. The van der Waals surface area contributed by atoms with Gasteiger partial charge < -0.3 is 5.32 Å². The van der Waals surface area contributed by atoms with Crippen LogP contribution in [0, 0.1) is 17.0 Å². The number of nitrogens with zero attached hydrogens (tertiary/aromatic N) is 3. The zero-order valence-corrected chi connectivity index (χ0v) is 14.1. The van der Waals surface area contributed by atoms with Crippen LogP contribution in [0.25, 0.3) is 10.6 Å². The highest BCUT2D eigenvalue weighted by atomic mass is 32.1. The maximum Gasteiger partial charge on any atom is 0.274 e. The van der Waals surface area contributed by atoms with Crippen molar-refractivity contribution in [1.82, 2.24) is 9.97 Å². The van der Waals surface area contributed by atoms with Crippen LogP contribution in [-0.2, 0) is 11.2 Å². The molecule has 1 amide bonds. The van der Waals surface area contributed by atoms with Crippen molar-refractivity contribution in [3.8, 4) is 10.6 Å². The number of nitrogens with one attached hydrogen (secondary N) is 1. The Bertz CT molecular complexity index is 925. The number of thiazole rings is 1. The van der Waals surface area contributed by atoms with E-state index in [0.717, 1.165) is 10.6 Å². The second kappa shape index (κ2) is 7.18. The summed E-state index contributed by atoms with van der Waals surface area (Å²) in [5.74, 6) is -0.272. The Morgan fingerprint density at radius 2 is 2.16 bits per heavy atom. The normalized spacial score (nSPS) is 10.4. The standard InChI is InChI=1S/C17H14N4O3S/c1-11-14(5-2-6-15(11)21(23)24)20-16(22)8-13-10-25-17(19-13)12-4-3-7-18-9-12/h2-7,9-10H,8H2,1H3,(H,20,22). The zero-order valence-electron chi connectivity index (χ0n) is 13.3. The van der Waals surface area contributed by atoms with Gasteiger partial charge in [0, 0.05) is 29.4 Å². The monoisotopic (exact) mass is 354 g/mol. The van der Waals surface area contributed by atoms with Gasteiger partial charge in [0.05, 0.1) is 28.3 Å². The number of pyridine rings is 1. The van der Waals surface area contributed by atoms with Gasteiger partial charge in [0.2, 0.25) is 5.91 Å². The molecule has 0 bridgehead atoms. The molecule has 25 heavy (non-hydrogen) atoms. The van der Waals surface area contributed by atoms with E-state index in [-0.39, 0.29) is 18.0 Å². The number of benzene rings is 1. The van der Waals surface area contributed by atoms with Crippen LogP contribution in [0.5, 0.6) is 0 Å². The fourth-order valence-corrected chi connectivity index (χ4v) is 3.14. The van der Waals surface area contributed by atoms with Gasteiger partial charge in [-0.05, 0) is 25.1 Å². The molecule has 8 heteroatoms. The molecule has 0 radical (unpaired) electrons. The smallest absolute Gasteiger partial charge is 0.274 e. The maximum absolute atomic E-state index is 12.2. The number of carbonyl (C=O) groups excluding carboxylic acids is 1. The lowest BCUT2D eigenvalue weighted by atomic mass is 10.1. The van der Waals surface area contributed by atoms with E-state index in [9.17, 15) is 14.9 Å². The van der Waals surface area contributed by atoms with Gasteiger partial charge in [-0.1, -0.05) is 6.07 Å². The number of nitro groups is 1. The van der Waals surface area contributed by atoms with Gasteiger partial charge in [-0.25, -0.2) is 4.98 Å². The van der Waals surface area contributed by atoms with Gasteiger partial charge in [-0.2, -0.15) is 0 Å². The van der Waals surface area contributed by atoms with Gasteiger partial charge >= 0.3 is 0 Å². The van der Waals surface area contributed by atoms with Crippen molar-refractivity contribution in [3.05, 3.63) is 69.5 Å². The number of aromatic nitrogens is 2. The van der Waals surface area contributed by atoms with Crippen molar-refractivity contribution in [2.45, 2.75) is 13.3 Å². The summed E-state index contributed by atoms with van der Waals surface area (Å²) in [6, 6.07) is 8.33. The third kappa shape index (κ3) is 3.86. The van der Waals surface area contributed by atoms with E-state index in [1.807, 2.05) is 17.5 Å². The van der Waals surface area contributed by atoms with Gasteiger partial charge in [0.15, 0.2) is 0 Å². The molecule has 126 valence electrons. The van der Waals surface area contributed by atoms with Crippen molar-refractivity contribution in [2.75, 3.05) is 5.32 Å². The molecule has 0 saturated heterocycles. The number of carbonyl (C=O) groups is 1. The van der Waals surface area contributed by atoms with Crippen LogP contribution < -0.4 is 5.32 Å². The first-order valence-electron chi connectivity index (χ1n) is 7.43. The lowest BCUT2D eigenvalue weighted by Crippen LogP contribution is -2.15. The number of anilines is 1. The van der Waals surface area contributed by atoms with E-state index >= 15 is 0 Å². The molecule has 1 aromatic carbocycles. The predicted octanol–water partition coefficient (Wildman–Crippen LogP) is 3.60. The minimum atomic E-state index is -0.467. The second-order valence-electron chi connectivity index (χ2n) is 5.32. The van der Waals surface area contributed by atoms with Gasteiger partial charge in [0.25, 0.3) is 5.69 Å². The molecule has 1 N–H and O–H groups in total. The number of rotatable bonds is 5. The lowest BCUT2D eigenvalue weighted by molar-refractivity contribution is -0.385. The van der Waals surface area contributed by atoms with Crippen molar-refractivity contribution >= 4 is 28.6 Å². The summed E-state index contributed by atoms with van der Waals surface area (Å²) in [6.07, 6.45) is 3.50. The quantitative estimate of drug-likeness (QED) is 0.557. The number of amides is 1. The molecule has 3 rings (SSSR count). The molecule has 2 heterocycles. The molecular formula is C17H14N4O3S. The summed E-state index contributed by atoms with van der Waals surface area (Å²) in [4.78, 5) is 31.2. The van der Waals surface area contributed by atoms with Crippen LogP contribution in [0.1, 0.15) is 11.3 Å². The van der Waals surface area contributed by atoms with Crippen LogP contribution in [-0.4, -0.2) is 20.8 Å². The third-order valence-corrected chi connectivity index (χ3v) is 4.52. The summed E-state index contributed by atoms with van der Waals surface area (Å²) in [5, 5.41) is 16.3. The molecule has 0 saturated carbocycles. The molecule has 0 aliphatic carbocycles. The average molecular weight is 354 g/mol. The second-order valence-corrected chi connectivity index (χ2v) is 6.18. The Morgan fingerprint density at radius 1 is 1.32 bits per heavy atom. The fourth-order valence-electron chi connectivity index (χ4n) is 2.33. The highest BCUT2D eigenvalue weighted by Gasteiger charge is 2.15. The Kier molecular flexibility index (Phi) is 4.80. The van der Waals surface area contributed by atoms with Crippen molar-refractivity contribution in [3.63, 3.8) is 0 Å². The fraction of sp³-hybridized carbons (Fsp3) is 0.118. The van der Waals surface area contributed by atoms with Crippen LogP contribution in [0.2, 0.25) is 0 Å². The van der Waals surface area contributed by atoms with E-state index in [4.69, 9.17) is 0 Å². The van der Waals surface area contributed by atoms with Gasteiger partial charge in [0.1, 0.15) is 5.01 Å². The highest BCUT2D eigenvalue weighted by Crippen LogP contribution is 2.26. The molecule has 2 aromatic heterocycles. The Labute approximate surface area is 147 Å². The van der Waals surface area contributed by atoms with Crippen LogP contribution in [0.3, 0.4) is 0 Å².